The molecule has 1 heterocycles. The maximum Gasteiger partial charge on any atom is 0.249 e. The first-order chi connectivity index (χ1) is 11.6. The number of carbonyl (C=O) groups is 4. The van der Waals surface area contributed by atoms with E-state index in [1.165, 1.54) is 11.8 Å². The summed E-state index contributed by atoms with van der Waals surface area (Å²) in [6.45, 7) is 0. The number of rotatable bonds is 7. The fraction of sp³-hybridized carbons (Fsp3) is 0.412. The minimum Gasteiger partial charge on any atom is -0.326 e. The van der Waals surface area contributed by atoms with Crippen LogP contribution in [-0.2, 0) is 14.4 Å². The normalized spacial score (nSPS) is 19.9. The Bertz CT molecular complexity index is 672. The van der Waals surface area contributed by atoms with Gasteiger partial charge in [0.15, 0.2) is 5.78 Å². The Balaban J connectivity index is 1.54. The van der Waals surface area contributed by atoms with Crippen molar-refractivity contribution in [3.8, 4) is 0 Å². The van der Waals surface area contributed by atoms with Crippen molar-refractivity contribution < 1.29 is 19.2 Å². The van der Waals surface area contributed by atoms with E-state index in [0.29, 0.717) is 5.56 Å². The molecule has 0 spiro atoms. The van der Waals surface area contributed by atoms with E-state index >= 15 is 0 Å². The molecule has 7 heteroatoms. The van der Waals surface area contributed by atoms with Crippen LogP contribution in [0.1, 0.15) is 29.6 Å². The molecule has 0 unspecified atom stereocenters. The maximum absolute atomic E-state index is 12.5. The lowest BCUT2D eigenvalue weighted by atomic mass is 10.2. The number of carbonyl (C=O) groups excluding carboxylic acids is 4. The van der Waals surface area contributed by atoms with E-state index in [1.807, 2.05) is 6.07 Å². The molecule has 1 aromatic rings. The minimum absolute atomic E-state index is 0.0276. The molecule has 1 aliphatic heterocycles. The van der Waals surface area contributed by atoms with Crippen LogP contribution in [0.15, 0.2) is 30.3 Å². The number of nitrogens with one attached hydrogen (secondary N) is 1. The maximum atomic E-state index is 12.5. The molecule has 1 atom stereocenters. The number of benzene rings is 1. The number of ketones is 1. The summed E-state index contributed by atoms with van der Waals surface area (Å²) in [5.41, 5.74) is 0.622. The molecule has 3 rings (SSSR count). The molecule has 1 saturated carbocycles. The third kappa shape index (κ3) is 3.84. The van der Waals surface area contributed by atoms with Crippen molar-refractivity contribution in [3.05, 3.63) is 35.9 Å². The Kier molecular flexibility index (Phi) is 4.99. The molecule has 3 amide bonds. The van der Waals surface area contributed by atoms with Gasteiger partial charge in [0, 0.05) is 11.6 Å². The standard InChI is InChI=1S/C17H18N2O4S/c20-14(11-4-2-1-3-5-11)9-24-10-16(22)19(12-6-7-12)13-8-15(21)18-17(13)23/h1-5,12-13H,6-10H2,(H,18,21,23)/t13-/m0/s1. The fourth-order valence-corrected chi connectivity index (χ4v) is 3.54. The molecule has 126 valence electrons. The second-order valence-electron chi connectivity index (χ2n) is 5.95. The van der Waals surface area contributed by atoms with E-state index in [2.05, 4.69) is 5.32 Å². The van der Waals surface area contributed by atoms with Crippen LogP contribution in [0.25, 0.3) is 0 Å². The molecule has 1 aliphatic carbocycles. The highest BCUT2D eigenvalue weighted by molar-refractivity contribution is 8.00. The van der Waals surface area contributed by atoms with Crippen LogP contribution in [0, 0.1) is 0 Å². The number of thioether (sulfide) groups is 1. The fourth-order valence-electron chi connectivity index (χ4n) is 2.76. The number of Topliss-reactive ketones (excluding diaryl/α,β-unsaturated/α-hetero) is 1. The summed E-state index contributed by atoms with van der Waals surface area (Å²) in [5.74, 6) is -0.601. The van der Waals surface area contributed by atoms with Gasteiger partial charge in [-0.05, 0) is 12.8 Å². The highest BCUT2D eigenvalue weighted by atomic mass is 32.2. The van der Waals surface area contributed by atoms with Gasteiger partial charge < -0.3 is 4.90 Å². The molecular weight excluding hydrogens is 328 g/mol. The molecule has 2 fully saturated rings. The van der Waals surface area contributed by atoms with Crippen molar-refractivity contribution >= 4 is 35.3 Å². The van der Waals surface area contributed by atoms with Gasteiger partial charge in [-0.2, -0.15) is 0 Å². The quantitative estimate of drug-likeness (QED) is 0.588. The molecule has 1 N–H and O–H groups in total. The van der Waals surface area contributed by atoms with E-state index in [4.69, 9.17) is 0 Å². The number of amides is 3. The zero-order valence-electron chi connectivity index (χ0n) is 13.1. The molecular formula is C17H18N2O4S. The Labute approximate surface area is 144 Å². The van der Waals surface area contributed by atoms with Gasteiger partial charge in [-0.3, -0.25) is 24.5 Å². The van der Waals surface area contributed by atoms with Crippen molar-refractivity contribution in [3.63, 3.8) is 0 Å². The molecule has 2 aliphatic rings. The van der Waals surface area contributed by atoms with Gasteiger partial charge in [-0.15, -0.1) is 11.8 Å². The zero-order chi connectivity index (χ0) is 17.1. The summed E-state index contributed by atoms with van der Waals surface area (Å²) in [4.78, 5) is 49.3. The Morgan fingerprint density at radius 1 is 1.12 bits per heavy atom. The highest BCUT2D eigenvalue weighted by Gasteiger charge is 2.44. The van der Waals surface area contributed by atoms with Gasteiger partial charge in [0.1, 0.15) is 6.04 Å². The first-order valence-corrected chi connectivity index (χ1v) is 9.02. The molecule has 0 radical (unpaired) electrons. The first-order valence-electron chi connectivity index (χ1n) is 7.87. The van der Waals surface area contributed by atoms with Crippen LogP contribution < -0.4 is 5.32 Å². The summed E-state index contributed by atoms with van der Waals surface area (Å²) in [5, 5.41) is 2.25. The lowest BCUT2D eigenvalue weighted by molar-refractivity contribution is -0.137. The van der Waals surface area contributed by atoms with Gasteiger partial charge in [0.05, 0.1) is 17.9 Å². The van der Waals surface area contributed by atoms with Gasteiger partial charge in [-0.25, -0.2) is 0 Å². The molecule has 0 aromatic heterocycles. The predicted molar refractivity (Wildman–Crippen MR) is 89.5 cm³/mol. The van der Waals surface area contributed by atoms with E-state index in [0.717, 1.165) is 12.8 Å². The van der Waals surface area contributed by atoms with Crippen LogP contribution in [-0.4, -0.2) is 52.0 Å². The lowest BCUT2D eigenvalue weighted by Gasteiger charge is -2.26. The van der Waals surface area contributed by atoms with Crippen molar-refractivity contribution in [1.82, 2.24) is 10.2 Å². The Morgan fingerprint density at radius 3 is 2.42 bits per heavy atom. The van der Waals surface area contributed by atoms with Crippen molar-refractivity contribution in [2.45, 2.75) is 31.3 Å². The Hall–Kier alpha value is -2.15. The summed E-state index contributed by atoms with van der Waals surface area (Å²) in [6, 6.07) is 8.29. The monoisotopic (exact) mass is 346 g/mol. The summed E-state index contributed by atoms with van der Waals surface area (Å²) < 4.78 is 0. The SMILES string of the molecule is O=C1C[C@H](N(C(=O)CSCC(=O)c2ccccc2)C2CC2)C(=O)N1. The molecule has 6 nitrogen and oxygen atoms in total. The van der Waals surface area contributed by atoms with Crippen LogP contribution in [0.4, 0.5) is 0 Å². The number of hydrogen-bond donors (Lipinski definition) is 1. The minimum atomic E-state index is -0.692. The van der Waals surface area contributed by atoms with E-state index in [1.54, 1.807) is 29.2 Å². The summed E-state index contributed by atoms with van der Waals surface area (Å²) >= 11 is 1.24. The molecule has 1 aromatic carbocycles. The van der Waals surface area contributed by atoms with Gasteiger partial charge in [0.25, 0.3) is 0 Å². The lowest BCUT2D eigenvalue weighted by Crippen LogP contribution is -2.46. The van der Waals surface area contributed by atoms with E-state index in [-0.39, 0.29) is 41.6 Å². The second kappa shape index (κ2) is 7.17. The van der Waals surface area contributed by atoms with Gasteiger partial charge >= 0.3 is 0 Å². The summed E-state index contributed by atoms with van der Waals surface area (Å²) in [6.07, 6.45) is 1.75. The predicted octanol–water partition coefficient (Wildman–Crippen LogP) is 1.01. The number of nitrogens with zero attached hydrogens (tertiary/aromatic N) is 1. The van der Waals surface area contributed by atoms with Crippen molar-refractivity contribution in [2.75, 3.05) is 11.5 Å². The largest absolute Gasteiger partial charge is 0.326 e. The molecule has 24 heavy (non-hydrogen) atoms. The van der Waals surface area contributed by atoms with Gasteiger partial charge in [0.2, 0.25) is 17.7 Å². The van der Waals surface area contributed by atoms with Gasteiger partial charge in [-0.1, -0.05) is 30.3 Å². The molecule has 0 bridgehead atoms. The van der Waals surface area contributed by atoms with E-state index in [9.17, 15) is 19.2 Å². The average Bonchev–Trinajstić information content (AvgIpc) is 3.34. The van der Waals surface area contributed by atoms with E-state index < -0.39 is 11.9 Å². The third-order valence-corrected chi connectivity index (χ3v) is 4.98. The number of hydrogen-bond acceptors (Lipinski definition) is 5. The van der Waals surface area contributed by atoms with Crippen molar-refractivity contribution in [2.24, 2.45) is 0 Å². The summed E-state index contributed by atoms with van der Waals surface area (Å²) in [7, 11) is 0. The molecule has 1 saturated heterocycles. The van der Waals surface area contributed by atoms with Crippen molar-refractivity contribution in [1.29, 1.82) is 0 Å². The Morgan fingerprint density at radius 2 is 1.83 bits per heavy atom. The van der Waals surface area contributed by atoms with Crippen LogP contribution in [0.5, 0.6) is 0 Å². The van der Waals surface area contributed by atoms with Crippen LogP contribution >= 0.6 is 11.8 Å². The highest BCUT2D eigenvalue weighted by Crippen LogP contribution is 2.31. The smallest absolute Gasteiger partial charge is 0.249 e. The zero-order valence-corrected chi connectivity index (χ0v) is 13.9. The topological polar surface area (TPSA) is 83.6 Å². The first kappa shape index (κ1) is 16.7. The average molecular weight is 346 g/mol. The van der Waals surface area contributed by atoms with Crippen LogP contribution in [0.3, 0.4) is 0 Å². The van der Waals surface area contributed by atoms with Crippen LogP contribution in [0.2, 0.25) is 0 Å². The number of imide groups is 1. The third-order valence-electron chi connectivity index (χ3n) is 4.06. The second-order valence-corrected chi connectivity index (χ2v) is 6.93.